The van der Waals surface area contributed by atoms with Gasteiger partial charge < -0.3 is 114 Å². The van der Waals surface area contributed by atoms with Crippen molar-refractivity contribution in [3.8, 4) is 70.7 Å². The molecule has 0 fully saturated rings. The highest BCUT2D eigenvalue weighted by molar-refractivity contribution is 14.1. The van der Waals surface area contributed by atoms with Crippen LogP contribution in [0.5, 0.6) is 0 Å². The summed E-state index contributed by atoms with van der Waals surface area (Å²) < 4.78 is 133. The fourth-order valence-corrected chi connectivity index (χ4v) is 20.0. The molecule has 0 radical (unpaired) electrons. The molecule has 776 valence electrons. The summed E-state index contributed by atoms with van der Waals surface area (Å²) >= 11 is 2.15. The average Bonchev–Trinajstić information content (AvgIpc) is 0.803. The Morgan fingerprint density at radius 2 is 0.343 bits per heavy atom. The number of ether oxygens (including phenoxy) is 24. The molecule has 30 nitrogen and oxygen atoms in total. The summed E-state index contributed by atoms with van der Waals surface area (Å²) in [7, 11) is 7.19. The predicted molar refractivity (Wildman–Crippen MR) is 550 cm³/mol. The van der Waals surface area contributed by atoms with E-state index in [4.69, 9.17) is 114 Å². The van der Waals surface area contributed by atoms with E-state index < -0.39 is 43.9 Å². The highest BCUT2D eigenvalue weighted by Crippen LogP contribution is 2.41. The Labute approximate surface area is 858 Å². The Hall–Kier alpha value is -10.3. The lowest BCUT2D eigenvalue weighted by molar-refractivity contribution is 0.00552. The lowest BCUT2D eigenvalue weighted by atomic mass is 9.95. The van der Waals surface area contributed by atoms with Gasteiger partial charge in [-0.3, -0.25) is 0 Å². The van der Waals surface area contributed by atoms with Crippen LogP contribution >= 0.6 is 22.6 Å². The minimum absolute atomic E-state index is 0.00501. The summed E-state index contributed by atoms with van der Waals surface area (Å²) in [4.78, 5) is 85.6. The lowest BCUT2D eigenvalue weighted by Gasteiger charge is -2.38. The topological polar surface area (TPSA) is 324 Å². The Bertz CT molecular complexity index is 5420. The second-order valence-electron chi connectivity index (χ2n) is 33.1. The SMILES string of the molecule is COCCOCCOCCOC(=O)c1cc(I)c(C)c(C#Cc2cc(C(=O)OCCOCCOCCOC)cc(C#Cc3cc(C(=O)OCCOCCOCCOC)cc(C#Cc4cc(C(=O)OCCOCCOCCOC)cc(C#Cc5cc(C(=O)OCCOCCOCCOC)cc(C#Cc6cc(C(=O)OCCOCCOCCOC)cc(C#C[Si](C(C)C)(C(C)C)C(C)C)c6C)c5C)c4C)c3C)c2C)c1. The molecule has 6 aromatic carbocycles. The van der Waals surface area contributed by atoms with E-state index in [1.54, 1.807) is 129 Å². The molecule has 0 heterocycles. The first kappa shape index (κ1) is 121. The number of carbonyl (C=O) groups excluding carboxylic acids is 6. The average molecular weight is 2110 g/mol. The maximum atomic E-state index is 14.6. The van der Waals surface area contributed by atoms with E-state index in [0.717, 1.165) is 14.7 Å². The van der Waals surface area contributed by atoms with Crippen LogP contribution < -0.4 is 0 Å². The van der Waals surface area contributed by atoms with Crippen molar-refractivity contribution in [2.45, 2.75) is 99.7 Å². The van der Waals surface area contributed by atoms with E-state index in [-0.39, 0.29) is 159 Å². The first-order chi connectivity index (χ1) is 69.2. The van der Waals surface area contributed by atoms with Crippen molar-refractivity contribution in [3.63, 3.8) is 0 Å². The molecule has 0 aliphatic carbocycles. The van der Waals surface area contributed by atoms with Gasteiger partial charge in [-0.2, -0.15) is 0 Å². The van der Waals surface area contributed by atoms with Crippen LogP contribution in [0.25, 0.3) is 0 Å². The molecule has 0 saturated carbocycles. The van der Waals surface area contributed by atoms with Crippen molar-refractivity contribution < 1.29 is 142 Å². The minimum atomic E-state index is -2.32. The normalized spacial score (nSPS) is 11.0. The van der Waals surface area contributed by atoms with Gasteiger partial charge in [-0.15, -0.1) is 5.54 Å². The molecular formula is C111H141IO30Si. The van der Waals surface area contributed by atoms with Crippen molar-refractivity contribution in [3.05, 3.63) is 204 Å². The van der Waals surface area contributed by atoms with Gasteiger partial charge in [-0.25, -0.2) is 28.8 Å². The summed E-state index contributed by atoms with van der Waals surface area (Å²) in [6, 6.07) is 19.6. The third-order valence-electron chi connectivity index (χ3n) is 22.3. The summed E-state index contributed by atoms with van der Waals surface area (Å²) in [5.41, 5.74) is 13.7. The standard InChI is InChI=1S/C111H141IO30Si/c1-79(2)143(80(3)4,81(5)6)66-29-98-77-103(110(117)141-64-58-135-52-46-129-40-34-123-17)75-96(86(98)11)26-25-94-73-101(108(115)139-62-56-133-50-44-127-38-32-121-15)71-92(84(94)9)22-21-90-69-99(106(113)137-60-54-131-48-42-125-36-30-119-13)67-88(82(90)7)19-20-89-68-100(107(114)138-61-55-132-49-43-126-37-31-120-14)70-91(83(89)8)23-24-93-72-102(109(116)140-63-57-134-51-45-128-39-33-122-16)74-95(85(93)10)27-28-97-76-104(78-105(112)87(97)12)111(118)142-65-59-136-53-47-130-41-35-124-18/h67-81H,30-65H2,1-18H3. The molecule has 0 N–H and O–H groups in total. The van der Waals surface area contributed by atoms with E-state index in [1.165, 1.54) is 0 Å². The monoisotopic (exact) mass is 2110 g/mol. The van der Waals surface area contributed by atoms with Crippen molar-refractivity contribution in [1.82, 2.24) is 0 Å². The third kappa shape index (κ3) is 43.9. The largest absolute Gasteiger partial charge is 0.460 e. The molecular weight excluding hydrogens is 1970 g/mol. The molecule has 0 saturated heterocycles. The van der Waals surface area contributed by atoms with Crippen molar-refractivity contribution >= 4 is 66.5 Å². The Kier molecular flexibility index (Phi) is 59.8. The quantitative estimate of drug-likeness (QED) is 0.00855. The van der Waals surface area contributed by atoms with E-state index in [0.29, 0.717) is 212 Å². The van der Waals surface area contributed by atoms with Crippen LogP contribution in [0.3, 0.4) is 0 Å². The summed E-state index contributed by atoms with van der Waals surface area (Å²) in [5.74, 6) is 32.6. The molecule has 143 heavy (non-hydrogen) atoms. The van der Waals surface area contributed by atoms with E-state index >= 15 is 0 Å². The number of benzene rings is 6. The molecule has 0 aliphatic heterocycles. The first-order valence-electron chi connectivity index (χ1n) is 47.7. The predicted octanol–water partition coefficient (Wildman–Crippen LogP) is 13.7. The molecule has 0 unspecified atom stereocenters. The fraction of sp³-hybridized carbons (Fsp3) is 0.514. The van der Waals surface area contributed by atoms with Gasteiger partial charge in [-0.05, 0) is 187 Å². The molecule has 0 spiro atoms. The molecule has 0 atom stereocenters. The maximum Gasteiger partial charge on any atom is 0.338 e. The van der Waals surface area contributed by atoms with Crippen LogP contribution in [0.4, 0.5) is 0 Å². The number of rotatable bonds is 63. The molecule has 0 amide bonds. The van der Waals surface area contributed by atoms with Crippen LogP contribution in [0.15, 0.2) is 72.8 Å². The van der Waals surface area contributed by atoms with Crippen LogP contribution in [0.1, 0.15) is 198 Å². The molecule has 0 bridgehead atoms. The second kappa shape index (κ2) is 70.5. The van der Waals surface area contributed by atoms with E-state index in [9.17, 15) is 28.8 Å². The zero-order chi connectivity index (χ0) is 104. The number of hydrogen-bond donors (Lipinski definition) is 0. The molecule has 0 aromatic heterocycles. The highest BCUT2D eigenvalue weighted by atomic mass is 127. The molecule has 0 aliphatic rings. The summed E-state index contributed by atoms with van der Waals surface area (Å²) in [5, 5.41) is 0. The number of carbonyl (C=O) groups is 6. The number of esters is 6. The number of halogens is 1. The first-order valence-corrected chi connectivity index (χ1v) is 51.0. The second-order valence-corrected chi connectivity index (χ2v) is 39.9. The zero-order valence-corrected chi connectivity index (χ0v) is 89.4. The molecule has 6 rings (SSSR count). The minimum Gasteiger partial charge on any atom is -0.460 e. The van der Waals surface area contributed by atoms with E-state index in [1.807, 2.05) is 27.7 Å². The molecule has 6 aromatic rings. The fourth-order valence-electron chi connectivity index (χ4n) is 14.1. The van der Waals surface area contributed by atoms with Gasteiger partial charge in [0.1, 0.15) is 47.7 Å². The van der Waals surface area contributed by atoms with Crippen molar-refractivity contribution in [1.29, 1.82) is 0 Å². The lowest BCUT2D eigenvalue weighted by Crippen LogP contribution is -2.43. The van der Waals surface area contributed by atoms with Gasteiger partial charge in [0.25, 0.3) is 0 Å². The Morgan fingerprint density at radius 1 is 0.210 bits per heavy atom. The maximum absolute atomic E-state index is 14.6. The molecule has 32 heteroatoms. The summed E-state index contributed by atoms with van der Waals surface area (Å²) in [6.07, 6.45) is 0. The van der Waals surface area contributed by atoms with Gasteiger partial charge in [0.2, 0.25) is 0 Å². The van der Waals surface area contributed by atoms with Crippen LogP contribution in [0, 0.1) is 116 Å². The van der Waals surface area contributed by atoms with E-state index in [2.05, 4.69) is 135 Å². The van der Waals surface area contributed by atoms with Crippen molar-refractivity contribution in [2.75, 3.05) is 281 Å². The van der Waals surface area contributed by atoms with Gasteiger partial charge in [0, 0.05) is 107 Å². The number of hydrogen-bond acceptors (Lipinski definition) is 30. The van der Waals surface area contributed by atoms with Gasteiger partial charge in [0.15, 0.2) is 0 Å². The van der Waals surface area contributed by atoms with Crippen LogP contribution in [0.2, 0.25) is 16.6 Å². The zero-order valence-electron chi connectivity index (χ0n) is 86.2. The highest BCUT2D eigenvalue weighted by Gasteiger charge is 2.42. The Balaban J connectivity index is 1.57. The Morgan fingerprint density at radius 3 is 0.497 bits per heavy atom. The number of methoxy groups -OCH3 is 6. The van der Waals surface area contributed by atoms with Crippen LogP contribution in [-0.4, -0.2) is 324 Å². The van der Waals surface area contributed by atoms with Gasteiger partial charge >= 0.3 is 35.8 Å². The van der Waals surface area contributed by atoms with Gasteiger partial charge in [-0.1, -0.05) is 107 Å². The summed E-state index contributed by atoms with van der Waals surface area (Å²) in [6.45, 7) is 32.7. The van der Waals surface area contributed by atoms with Crippen LogP contribution in [-0.2, 0) is 114 Å². The van der Waals surface area contributed by atoms with Crippen molar-refractivity contribution in [2.24, 2.45) is 0 Å². The van der Waals surface area contributed by atoms with Gasteiger partial charge in [0.05, 0.1) is 232 Å². The smallest absolute Gasteiger partial charge is 0.338 e. The third-order valence-corrected chi connectivity index (χ3v) is 29.7.